The van der Waals surface area contributed by atoms with Crippen LogP contribution in [0.3, 0.4) is 0 Å². The third-order valence-electron chi connectivity index (χ3n) is 2.84. The molecule has 0 saturated heterocycles. The zero-order valence-corrected chi connectivity index (χ0v) is 13.3. The highest BCUT2D eigenvalue weighted by Crippen LogP contribution is 2.34. The van der Waals surface area contributed by atoms with E-state index in [1.807, 2.05) is 0 Å². The van der Waals surface area contributed by atoms with E-state index in [0.29, 0.717) is 6.42 Å². The molecule has 20 heavy (non-hydrogen) atoms. The molecular formula is C13H14Cl3NO3. The molecule has 0 aromatic heterocycles. The number of ketones is 1. The van der Waals surface area contributed by atoms with Crippen molar-refractivity contribution in [3.8, 4) is 0 Å². The fourth-order valence-corrected chi connectivity index (χ4v) is 2.22. The van der Waals surface area contributed by atoms with Gasteiger partial charge in [-0.15, -0.1) is 6.58 Å². The molecule has 0 N–H and O–H groups in total. The van der Waals surface area contributed by atoms with Gasteiger partial charge in [0.25, 0.3) is 3.79 Å². The van der Waals surface area contributed by atoms with Gasteiger partial charge in [-0.1, -0.05) is 40.9 Å². The predicted molar refractivity (Wildman–Crippen MR) is 79.8 cm³/mol. The maximum atomic E-state index is 12.2. The molecule has 0 aromatic rings. The highest BCUT2D eigenvalue weighted by atomic mass is 35.6. The largest absolute Gasteiger partial charge is 0.465 e. The number of hydrogen-bond acceptors (Lipinski definition) is 4. The van der Waals surface area contributed by atoms with Crippen molar-refractivity contribution in [2.75, 3.05) is 14.2 Å². The van der Waals surface area contributed by atoms with Gasteiger partial charge in [0, 0.05) is 18.8 Å². The van der Waals surface area contributed by atoms with Crippen LogP contribution in [0.2, 0.25) is 0 Å². The lowest BCUT2D eigenvalue weighted by Gasteiger charge is -2.32. The predicted octanol–water partition coefficient (Wildman–Crippen LogP) is 2.80. The fraction of sp³-hybridized carbons (Fsp3) is 0.385. The van der Waals surface area contributed by atoms with E-state index in [2.05, 4.69) is 11.3 Å². The molecule has 1 aliphatic rings. The van der Waals surface area contributed by atoms with Gasteiger partial charge in [0.15, 0.2) is 0 Å². The van der Waals surface area contributed by atoms with Crippen LogP contribution in [-0.4, -0.2) is 40.6 Å². The van der Waals surface area contributed by atoms with Crippen molar-refractivity contribution in [2.24, 2.45) is 0 Å². The summed E-state index contributed by atoms with van der Waals surface area (Å²) in [6.07, 6.45) is 5.09. The van der Waals surface area contributed by atoms with Gasteiger partial charge in [-0.2, -0.15) is 0 Å². The molecule has 0 spiro atoms. The SMILES string of the molecule is C=CCC1C(C(=O)C(Cl)(Cl)Cl)=CC(C(=O)OC)=CN1C. The van der Waals surface area contributed by atoms with Gasteiger partial charge in [-0.3, -0.25) is 4.79 Å². The summed E-state index contributed by atoms with van der Waals surface area (Å²) in [5.41, 5.74) is 0.447. The zero-order chi connectivity index (χ0) is 15.5. The van der Waals surface area contributed by atoms with Crippen LogP contribution in [0.4, 0.5) is 0 Å². The van der Waals surface area contributed by atoms with Crippen LogP contribution in [0.1, 0.15) is 6.42 Å². The molecule has 4 nitrogen and oxygen atoms in total. The number of alkyl halides is 3. The van der Waals surface area contributed by atoms with E-state index in [-0.39, 0.29) is 17.2 Å². The summed E-state index contributed by atoms with van der Waals surface area (Å²) in [7, 11) is 2.97. The van der Waals surface area contributed by atoms with E-state index in [9.17, 15) is 9.59 Å². The number of likely N-dealkylation sites (N-methyl/N-ethyl adjacent to an activating group) is 1. The number of rotatable bonds is 4. The minimum Gasteiger partial charge on any atom is -0.465 e. The van der Waals surface area contributed by atoms with E-state index >= 15 is 0 Å². The topological polar surface area (TPSA) is 46.6 Å². The van der Waals surface area contributed by atoms with Crippen molar-refractivity contribution >= 4 is 46.6 Å². The molecule has 110 valence electrons. The molecule has 0 saturated carbocycles. The number of halogens is 3. The fourth-order valence-electron chi connectivity index (χ4n) is 1.89. The highest BCUT2D eigenvalue weighted by molar-refractivity contribution is 6.77. The second kappa shape index (κ2) is 6.66. The van der Waals surface area contributed by atoms with Gasteiger partial charge in [0.2, 0.25) is 5.78 Å². The molecule has 0 fully saturated rings. The quantitative estimate of drug-likeness (QED) is 0.449. The van der Waals surface area contributed by atoms with Crippen LogP contribution in [-0.2, 0) is 14.3 Å². The Labute approximate surface area is 132 Å². The molecule has 0 radical (unpaired) electrons. The number of carbonyl (C=O) groups excluding carboxylic acids is 2. The number of carbonyl (C=O) groups is 2. The van der Waals surface area contributed by atoms with Crippen molar-refractivity contribution in [1.82, 2.24) is 4.90 Å². The van der Waals surface area contributed by atoms with E-state index < -0.39 is 15.5 Å². The second-order valence-corrected chi connectivity index (χ2v) is 6.49. The summed E-state index contributed by atoms with van der Waals surface area (Å²) in [5, 5.41) is 0. The van der Waals surface area contributed by atoms with Gasteiger partial charge in [-0.05, 0) is 12.5 Å². The molecule has 0 aromatic carbocycles. The minimum atomic E-state index is -2.08. The Kier molecular flexibility index (Phi) is 5.68. The lowest BCUT2D eigenvalue weighted by molar-refractivity contribution is -0.135. The molecular weight excluding hydrogens is 325 g/mol. The maximum Gasteiger partial charge on any atom is 0.339 e. The number of methoxy groups -OCH3 is 1. The molecule has 7 heteroatoms. The minimum absolute atomic E-state index is 0.216. The molecule has 1 unspecified atom stereocenters. The van der Waals surface area contributed by atoms with Gasteiger partial charge < -0.3 is 9.64 Å². The smallest absolute Gasteiger partial charge is 0.339 e. The first-order valence-corrected chi connectivity index (χ1v) is 6.81. The van der Waals surface area contributed by atoms with Crippen LogP contribution in [0.15, 0.2) is 36.1 Å². The van der Waals surface area contributed by atoms with Crippen molar-refractivity contribution in [2.45, 2.75) is 16.3 Å². The summed E-state index contributed by atoms with van der Waals surface area (Å²) in [6, 6.07) is -0.343. The van der Waals surface area contributed by atoms with Crippen molar-refractivity contribution < 1.29 is 14.3 Å². The summed E-state index contributed by atoms with van der Waals surface area (Å²) in [4.78, 5) is 25.5. The van der Waals surface area contributed by atoms with Gasteiger partial charge in [0.1, 0.15) is 0 Å². The van der Waals surface area contributed by atoms with Gasteiger partial charge in [0.05, 0.1) is 18.7 Å². The Morgan fingerprint density at radius 1 is 1.50 bits per heavy atom. The summed E-state index contributed by atoms with van der Waals surface area (Å²) < 4.78 is 2.56. The third-order valence-corrected chi connectivity index (χ3v) is 3.35. The first kappa shape index (κ1) is 17.1. The Bertz CT molecular complexity index is 492. The first-order valence-electron chi connectivity index (χ1n) is 5.68. The van der Waals surface area contributed by atoms with Crippen LogP contribution in [0.5, 0.6) is 0 Å². The Balaban J connectivity index is 3.25. The second-order valence-electron chi connectivity index (χ2n) is 4.21. The third kappa shape index (κ3) is 3.78. The molecule has 1 rings (SSSR count). The lowest BCUT2D eigenvalue weighted by atomic mass is 9.94. The Morgan fingerprint density at radius 2 is 2.10 bits per heavy atom. The van der Waals surface area contributed by atoms with E-state index in [1.54, 1.807) is 24.2 Å². The molecule has 0 aliphatic carbocycles. The average molecular weight is 339 g/mol. The number of Topliss-reactive ketones (excluding diaryl/α,β-unsaturated/α-hetero) is 1. The summed E-state index contributed by atoms with van der Waals surface area (Å²) >= 11 is 17.0. The number of esters is 1. The number of nitrogens with zero attached hydrogens (tertiary/aromatic N) is 1. The van der Waals surface area contributed by atoms with Crippen molar-refractivity contribution in [3.05, 3.63) is 36.1 Å². The lowest BCUT2D eigenvalue weighted by Crippen LogP contribution is -2.39. The van der Waals surface area contributed by atoms with Crippen LogP contribution in [0.25, 0.3) is 0 Å². The molecule has 0 bridgehead atoms. The van der Waals surface area contributed by atoms with Gasteiger partial charge in [-0.25, -0.2) is 4.79 Å². The summed E-state index contributed by atoms with van der Waals surface area (Å²) in [6.45, 7) is 3.64. The van der Waals surface area contributed by atoms with Crippen molar-refractivity contribution in [3.63, 3.8) is 0 Å². The normalized spacial score (nSPS) is 19.1. The monoisotopic (exact) mass is 337 g/mol. The van der Waals surface area contributed by atoms with Crippen LogP contribution >= 0.6 is 34.8 Å². The Morgan fingerprint density at radius 3 is 2.55 bits per heavy atom. The van der Waals surface area contributed by atoms with Crippen LogP contribution < -0.4 is 0 Å². The maximum absolute atomic E-state index is 12.2. The molecule has 0 amide bonds. The Hall–Kier alpha value is -0.970. The molecule has 1 atom stereocenters. The van der Waals surface area contributed by atoms with Crippen LogP contribution in [0, 0.1) is 0 Å². The number of hydrogen-bond donors (Lipinski definition) is 0. The van der Waals surface area contributed by atoms with E-state index in [0.717, 1.165) is 0 Å². The zero-order valence-electron chi connectivity index (χ0n) is 11.0. The van der Waals surface area contributed by atoms with E-state index in [1.165, 1.54) is 13.2 Å². The summed E-state index contributed by atoms with van der Waals surface area (Å²) in [5.74, 6) is -1.24. The number of ether oxygens (including phenoxy) is 1. The molecule has 1 heterocycles. The van der Waals surface area contributed by atoms with E-state index in [4.69, 9.17) is 34.8 Å². The van der Waals surface area contributed by atoms with Crippen molar-refractivity contribution in [1.29, 1.82) is 0 Å². The average Bonchev–Trinajstić information content (AvgIpc) is 2.38. The molecule has 1 aliphatic heterocycles. The highest BCUT2D eigenvalue weighted by Gasteiger charge is 2.38. The first-order chi connectivity index (χ1) is 9.22. The standard InChI is InChI=1S/C13H14Cl3NO3/c1-4-5-10-9(11(18)13(14,15)16)6-8(7-17(10)2)12(19)20-3/h4,6-7,10H,1,5H2,2-3H3. The van der Waals surface area contributed by atoms with Gasteiger partial charge >= 0.3 is 5.97 Å².